The number of anilines is 1. The molecular formula is C13H19NO3S. The number of rotatable bonds is 5. The van der Waals surface area contributed by atoms with Crippen LogP contribution in [0.3, 0.4) is 0 Å². The van der Waals surface area contributed by atoms with Gasteiger partial charge in [-0.3, -0.25) is 4.79 Å². The molecule has 2 unspecified atom stereocenters. The normalized spacial score (nSPS) is 14.2. The van der Waals surface area contributed by atoms with E-state index >= 15 is 0 Å². The summed E-state index contributed by atoms with van der Waals surface area (Å²) >= 11 is 1.14. The summed E-state index contributed by atoms with van der Waals surface area (Å²) in [7, 11) is 0. The van der Waals surface area contributed by atoms with Gasteiger partial charge in [-0.1, -0.05) is 29.5 Å². The van der Waals surface area contributed by atoms with Crippen molar-refractivity contribution >= 4 is 22.6 Å². The molecule has 0 heterocycles. The summed E-state index contributed by atoms with van der Waals surface area (Å²) in [6, 6.07) is 5.33. The van der Waals surface area contributed by atoms with Crippen LogP contribution in [0.25, 0.3) is 0 Å². The zero-order valence-electron chi connectivity index (χ0n) is 10.6. The molecule has 0 amide bonds. The fourth-order valence-electron chi connectivity index (χ4n) is 1.64. The molecule has 0 bridgehead atoms. The Morgan fingerprint density at radius 1 is 1.44 bits per heavy atom. The van der Waals surface area contributed by atoms with Gasteiger partial charge in [0.15, 0.2) is 5.12 Å². The van der Waals surface area contributed by atoms with Crippen molar-refractivity contribution in [3.63, 3.8) is 0 Å². The first-order chi connectivity index (χ1) is 8.41. The molecule has 0 radical (unpaired) electrons. The molecule has 0 aliphatic rings. The average molecular weight is 269 g/mol. The van der Waals surface area contributed by atoms with E-state index in [9.17, 15) is 15.0 Å². The number of nitrogen functional groups attached to an aromatic ring is 1. The molecule has 18 heavy (non-hydrogen) atoms. The Bertz CT molecular complexity index is 423. The number of carbonyl (C=O) groups excluding carboxylic acids is 1. The van der Waals surface area contributed by atoms with Crippen molar-refractivity contribution in [1.29, 1.82) is 0 Å². The third-order valence-electron chi connectivity index (χ3n) is 2.64. The number of aryl methyl sites for hydroxylation is 1. The zero-order chi connectivity index (χ0) is 13.7. The van der Waals surface area contributed by atoms with E-state index in [2.05, 4.69) is 0 Å². The number of thioether (sulfide) groups is 1. The Morgan fingerprint density at radius 3 is 2.72 bits per heavy atom. The van der Waals surface area contributed by atoms with Gasteiger partial charge in [0.05, 0.1) is 6.10 Å². The minimum atomic E-state index is -1.02. The second-order valence-corrected chi connectivity index (χ2v) is 5.55. The number of aliphatic hydroxyl groups excluding tert-OH is 2. The third kappa shape index (κ3) is 4.33. The zero-order valence-corrected chi connectivity index (χ0v) is 11.4. The summed E-state index contributed by atoms with van der Waals surface area (Å²) in [5.41, 5.74) is 7.75. The quantitative estimate of drug-likeness (QED) is 0.708. The fraction of sp³-hybridized carbons (Fsp3) is 0.462. The van der Waals surface area contributed by atoms with E-state index in [0.29, 0.717) is 23.4 Å². The van der Waals surface area contributed by atoms with Crippen molar-refractivity contribution in [2.75, 3.05) is 11.5 Å². The van der Waals surface area contributed by atoms with Crippen LogP contribution in [0.2, 0.25) is 0 Å². The summed E-state index contributed by atoms with van der Waals surface area (Å²) in [5.74, 6) is 0.485. The maximum atomic E-state index is 10.8. The highest BCUT2D eigenvalue weighted by Crippen LogP contribution is 2.26. The fourth-order valence-corrected chi connectivity index (χ4v) is 2.29. The van der Waals surface area contributed by atoms with Gasteiger partial charge in [0, 0.05) is 23.9 Å². The van der Waals surface area contributed by atoms with E-state index in [1.54, 1.807) is 12.1 Å². The number of hydrogen-bond acceptors (Lipinski definition) is 5. The summed E-state index contributed by atoms with van der Waals surface area (Å²) in [4.78, 5) is 10.8. The van der Waals surface area contributed by atoms with Crippen molar-refractivity contribution < 1.29 is 15.0 Å². The number of benzene rings is 1. The highest BCUT2D eigenvalue weighted by molar-refractivity contribution is 8.13. The van der Waals surface area contributed by atoms with Crippen molar-refractivity contribution in [2.45, 2.75) is 32.5 Å². The van der Waals surface area contributed by atoms with Gasteiger partial charge in [-0.15, -0.1) is 0 Å². The van der Waals surface area contributed by atoms with Gasteiger partial charge in [0.25, 0.3) is 0 Å². The van der Waals surface area contributed by atoms with Crippen molar-refractivity contribution in [2.24, 2.45) is 0 Å². The van der Waals surface area contributed by atoms with Crippen LogP contribution in [-0.4, -0.2) is 27.2 Å². The smallest absolute Gasteiger partial charge is 0.185 e. The second kappa shape index (κ2) is 6.78. The second-order valence-electron chi connectivity index (χ2n) is 4.27. The van der Waals surface area contributed by atoms with Gasteiger partial charge in [0.2, 0.25) is 0 Å². The van der Waals surface area contributed by atoms with Crippen LogP contribution in [0, 0.1) is 6.92 Å². The van der Waals surface area contributed by atoms with Gasteiger partial charge in [-0.25, -0.2) is 0 Å². The summed E-state index contributed by atoms with van der Waals surface area (Å²) < 4.78 is 0. The van der Waals surface area contributed by atoms with Crippen LogP contribution in [-0.2, 0) is 4.79 Å². The van der Waals surface area contributed by atoms with Crippen LogP contribution in [0.5, 0.6) is 0 Å². The minimum absolute atomic E-state index is 0.00626. The van der Waals surface area contributed by atoms with Crippen LogP contribution in [0.4, 0.5) is 5.69 Å². The van der Waals surface area contributed by atoms with Crippen molar-refractivity contribution in [1.82, 2.24) is 0 Å². The largest absolute Gasteiger partial charge is 0.398 e. The van der Waals surface area contributed by atoms with E-state index in [-0.39, 0.29) is 5.12 Å². The Morgan fingerprint density at radius 2 is 2.11 bits per heavy atom. The van der Waals surface area contributed by atoms with E-state index in [0.717, 1.165) is 17.3 Å². The molecule has 1 rings (SSSR count). The Hall–Kier alpha value is -1.04. The lowest BCUT2D eigenvalue weighted by Crippen LogP contribution is -2.20. The van der Waals surface area contributed by atoms with Crippen LogP contribution in [0.1, 0.15) is 30.6 Å². The highest BCUT2D eigenvalue weighted by atomic mass is 32.2. The first kappa shape index (κ1) is 15.0. The van der Waals surface area contributed by atoms with Crippen LogP contribution in [0.15, 0.2) is 18.2 Å². The average Bonchev–Trinajstić information content (AvgIpc) is 2.30. The molecule has 0 fully saturated rings. The lowest BCUT2D eigenvalue weighted by molar-refractivity contribution is -0.109. The van der Waals surface area contributed by atoms with Crippen molar-refractivity contribution in [3.8, 4) is 0 Å². The highest BCUT2D eigenvalue weighted by Gasteiger charge is 2.20. The van der Waals surface area contributed by atoms with Gasteiger partial charge in [-0.05, 0) is 19.4 Å². The molecule has 0 spiro atoms. The Balaban J connectivity index is 2.64. The summed E-state index contributed by atoms with van der Waals surface area (Å²) in [6.07, 6.45) is -1.59. The molecule has 4 N–H and O–H groups in total. The van der Waals surface area contributed by atoms with E-state index < -0.39 is 12.2 Å². The first-order valence-corrected chi connectivity index (χ1v) is 6.76. The molecule has 0 saturated carbocycles. The summed E-state index contributed by atoms with van der Waals surface area (Å²) in [5, 5.41) is 19.9. The molecule has 0 aliphatic carbocycles. The molecule has 1 aromatic rings. The predicted molar refractivity (Wildman–Crippen MR) is 74.3 cm³/mol. The van der Waals surface area contributed by atoms with E-state index in [4.69, 9.17) is 5.73 Å². The van der Waals surface area contributed by atoms with E-state index in [1.807, 2.05) is 13.0 Å². The SMILES string of the molecule is CC(=O)SCCC(O)C(O)c1cc(C)ccc1N. The Kier molecular flexibility index (Phi) is 5.65. The molecule has 5 heteroatoms. The lowest BCUT2D eigenvalue weighted by Gasteiger charge is -2.19. The minimum Gasteiger partial charge on any atom is -0.398 e. The number of aliphatic hydroxyl groups is 2. The first-order valence-electron chi connectivity index (χ1n) is 5.77. The monoisotopic (exact) mass is 269 g/mol. The third-order valence-corrected chi connectivity index (χ3v) is 3.49. The van der Waals surface area contributed by atoms with Gasteiger partial charge < -0.3 is 15.9 Å². The number of carbonyl (C=O) groups is 1. The molecule has 0 saturated heterocycles. The standard InChI is InChI=1S/C13H19NO3S/c1-8-3-4-11(14)10(7-8)13(17)12(16)5-6-18-9(2)15/h3-4,7,12-13,16-17H,5-6,14H2,1-2H3. The lowest BCUT2D eigenvalue weighted by atomic mass is 9.99. The van der Waals surface area contributed by atoms with E-state index in [1.165, 1.54) is 6.92 Å². The van der Waals surface area contributed by atoms with Crippen LogP contribution < -0.4 is 5.73 Å². The van der Waals surface area contributed by atoms with Crippen LogP contribution >= 0.6 is 11.8 Å². The molecule has 2 atom stereocenters. The predicted octanol–water partition coefficient (Wildman–Crippen LogP) is 1.64. The van der Waals surface area contributed by atoms with Crippen molar-refractivity contribution in [3.05, 3.63) is 29.3 Å². The molecule has 0 aliphatic heterocycles. The molecule has 1 aromatic carbocycles. The van der Waals surface area contributed by atoms with Gasteiger partial charge in [0.1, 0.15) is 6.10 Å². The maximum absolute atomic E-state index is 10.8. The molecule has 100 valence electrons. The van der Waals surface area contributed by atoms with Gasteiger partial charge in [-0.2, -0.15) is 0 Å². The number of nitrogens with two attached hydrogens (primary N) is 1. The molecule has 0 aromatic heterocycles. The number of hydrogen-bond donors (Lipinski definition) is 3. The van der Waals surface area contributed by atoms with Gasteiger partial charge >= 0.3 is 0 Å². The summed E-state index contributed by atoms with van der Waals surface area (Å²) in [6.45, 7) is 3.37. The molecular weight excluding hydrogens is 250 g/mol. The molecule has 4 nitrogen and oxygen atoms in total. The topological polar surface area (TPSA) is 83.5 Å². The maximum Gasteiger partial charge on any atom is 0.185 e. The Labute approximate surface area is 111 Å².